The first kappa shape index (κ1) is 15.7. The van der Waals surface area contributed by atoms with Crippen molar-refractivity contribution in [1.82, 2.24) is 25.1 Å². The molecule has 0 saturated heterocycles. The largest absolute Gasteiger partial charge is 0.493 e. The first-order chi connectivity index (χ1) is 10.1. The zero-order valence-electron chi connectivity index (χ0n) is 12.5. The van der Waals surface area contributed by atoms with Crippen molar-refractivity contribution in [3.8, 4) is 5.75 Å². The highest BCUT2D eigenvalue weighted by molar-refractivity contribution is 6.30. The molecule has 6 nitrogen and oxygen atoms in total. The molecule has 21 heavy (non-hydrogen) atoms. The van der Waals surface area contributed by atoms with Crippen molar-refractivity contribution in [2.24, 2.45) is 7.05 Å². The van der Waals surface area contributed by atoms with Gasteiger partial charge in [-0.15, -0.1) is 5.10 Å². The van der Waals surface area contributed by atoms with Crippen LogP contribution in [0.2, 0.25) is 5.02 Å². The monoisotopic (exact) mass is 309 g/mol. The van der Waals surface area contributed by atoms with Crippen molar-refractivity contribution < 1.29 is 4.74 Å². The van der Waals surface area contributed by atoms with Crippen LogP contribution >= 0.6 is 11.6 Å². The molecule has 0 spiro atoms. The van der Waals surface area contributed by atoms with E-state index in [0.717, 1.165) is 24.5 Å². The molecule has 0 aliphatic carbocycles. The predicted octanol–water partition coefficient (Wildman–Crippen LogP) is 2.33. The van der Waals surface area contributed by atoms with Gasteiger partial charge in [0.2, 0.25) is 0 Å². The summed E-state index contributed by atoms with van der Waals surface area (Å²) in [7, 11) is 3.90. The van der Waals surface area contributed by atoms with Crippen LogP contribution in [0.4, 0.5) is 0 Å². The lowest BCUT2D eigenvalue weighted by atomic mass is 10.2. The summed E-state index contributed by atoms with van der Waals surface area (Å²) in [6.45, 7) is 3.63. The summed E-state index contributed by atoms with van der Waals surface area (Å²) in [4.78, 5) is 2.20. The highest BCUT2D eigenvalue weighted by Gasteiger charge is 2.16. The summed E-state index contributed by atoms with van der Waals surface area (Å²) in [6, 6.07) is 7.60. The van der Waals surface area contributed by atoms with E-state index in [-0.39, 0.29) is 6.04 Å². The Balaban J connectivity index is 1.74. The lowest BCUT2D eigenvalue weighted by Gasteiger charge is -2.23. The molecule has 0 N–H and O–H groups in total. The Morgan fingerprint density at radius 1 is 1.43 bits per heavy atom. The van der Waals surface area contributed by atoms with Gasteiger partial charge >= 0.3 is 0 Å². The molecule has 0 saturated carbocycles. The summed E-state index contributed by atoms with van der Waals surface area (Å²) in [5.41, 5.74) is 0. The van der Waals surface area contributed by atoms with Gasteiger partial charge in [-0.05, 0) is 49.0 Å². The first-order valence-corrected chi connectivity index (χ1v) is 7.26. The van der Waals surface area contributed by atoms with Gasteiger partial charge in [-0.2, -0.15) is 0 Å². The number of nitrogens with zero attached hydrogens (tertiary/aromatic N) is 5. The minimum absolute atomic E-state index is 0.163. The summed E-state index contributed by atoms with van der Waals surface area (Å²) in [5, 5.41) is 12.2. The minimum Gasteiger partial charge on any atom is -0.493 e. The SMILES string of the molecule is CC(c1nnnn1C)N(C)CCCOc1cccc(Cl)c1. The lowest BCUT2D eigenvalue weighted by molar-refractivity contribution is 0.217. The molecule has 2 aromatic rings. The molecule has 1 unspecified atom stereocenters. The third-order valence-corrected chi connectivity index (χ3v) is 3.64. The molecule has 0 bridgehead atoms. The van der Waals surface area contributed by atoms with Gasteiger partial charge in [0, 0.05) is 18.6 Å². The van der Waals surface area contributed by atoms with Crippen LogP contribution in [0.3, 0.4) is 0 Å². The molecule has 7 heteroatoms. The number of aromatic nitrogens is 4. The van der Waals surface area contributed by atoms with Gasteiger partial charge in [0.25, 0.3) is 0 Å². The molecule has 2 rings (SSSR count). The molecule has 0 radical (unpaired) electrons. The molecule has 0 fully saturated rings. The number of benzene rings is 1. The normalized spacial score (nSPS) is 12.6. The molecular formula is C14H20ClN5O. The Bertz CT molecular complexity index is 574. The maximum absolute atomic E-state index is 5.91. The number of tetrazole rings is 1. The zero-order valence-corrected chi connectivity index (χ0v) is 13.3. The number of halogens is 1. The molecular weight excluding hydrogens is 290 g/mol. The highest BCUT2D eigenvalue weighted by Crippen LogP contribution is 2.18. The summed E-state index contributed by atoms with van der Waals surface area (Å²) >= 11 is 5.91. The van der Waals surface area contributed by atoms with Gasteiger partial charge < -0.3 is 4.74 Å². The van der Waals surface area contributed by atoms with E-state index in [1.165, 1.54) is 0 Å². The fourth-order valence-electron chi connectivity index (χ4n) is 2.04. The van der Waals surface area contributed by atoms with Crippen molar-refractivity contribution in [3.63, 3.8) is 0 Å². The zero-order chi connectivity index (χ0) is 15.2. The third-order valence-electron chi connectivity index (χ3n) is 3.41. The lowest BCUT2D eigenvalue weighted by Crippen LogP contribution is -2.26. The standard InChI is InChI=1S/C14H20ClN5O/c1-11(14-16-17-18-20(14)3)19(2)8-5-9-21-13-7-4-6-12(15)10-13/h4,6-7,10-11H,5,8-9H2,1-3H3. The van der Waals surface area contributed by atoms with E-state index in [1.807, 2.05) is 31.3 Å². The molecule has 0 aliphatic rings. The average molecular weight is 310 g/mol. The van der Waals surface area contributed by atoms with Crippen LogP contribution in [0, 0.1) is 0 Å². The van der Waals surface area contributed by atoms with Gasteiger partial charge in [-0.3, -0.25) is 4.90 Å². The molecule has 0 amide bonds. The van der Waals surface area contributed by atoms with Crippen molar-refractivity contribution in [2.45, 2.75) is 19.4 Å². The quantitative estimate of drug-likeness (QED) is 0.735. The molecule has 1 aromatic carbocycles. The number of ether oxygens (including phenoxy) is 1. The maximum Gasteiger partial charge on any atom is 0.167 e. The predicted molar refractivity (Wildman–Crippen MR) is 81.4 cm³/mol. The Labute approximate surface area is 129 Å². The van der Waals surface area contributed by atoms with Crippen molar-refractivity contribution in [1.29, 1.82) is 0 Å². The fraction of sp³-hybridized carbons (Fsp3) is 0.500. The van der Waals surface area contributed by atoms with E-state index >= 15 is 0 Å². The second-order valence-corrected chi connectivity index (χ2v) is 5.41. The van der Waals surface area contributed by atoms with Crippen LogP contribution in [-0.2, 0) is 7.05 Å². The summed E-state index contributed by atoms with van der Waals surface area (Å²) in [6.07, 6.45) is 0.915. The Hall–Kier alpha value is -1.66. The first-order valence-electron chi connectivity index (χ1n) is 6.89. The van der Waals surface area contributed by atoms with E-state index < -0.39 is 0 Å². The Kier molecular flexibility index (Phi) is 5.52. The molecule has 0 aliphatic heterocycles. The van der Waals surface area contributed by atoms with Crippen molar-refractivity contribution in [2.75, 3.05) is 20.2 Å². The topological polar surface area (TPSA) is 56.1 Å². The van der Waals surface area contributed by atoms with Gasteiger partial charge in [0.15, 0.2) is 5.82 Å². The fourth-order valence-corrected chi connectivity index (χ4v) is 2.22. The highest BCUT2D eigenvalue weighted by atomic mass is 35.5. The Morgan fingerprint density at radius 3 is 2.90 bits per heavy atom. The van der Waals surface area contributed by atoms with Gasteiger partial charge in [0.1, 0.15) is 5.75 Å². The van der Waals surface area contributed by atoms with E-state index in [9.17, 15) is 0 Å². The van der Waals surface area contributed by atoms with Crippen LogP contribution in [0.25, 0.3) is 0 Å². The second kappa shape index (κ2) is 7.38. The van der Waals surface area contributed by atoms with E-state index in [4.69, 9.17) is 16.3 Å². The van der Waals surface area contributed by atoms with Crippen molar-refractivity contribution >= 4 is 11.6 Å². The maximum atomic E-state index is 5.91. The van der Waals surface area contributed by atoms with Crippen LogP contribution in [0.15, 0.2) is 24.3 Å². The Morgan fingerprint density at radius 2 is 2.24 bits per heavy atom. The van der Waals surface area contributed by atoms with Gasteiger partial charge in [-0.1, -0.05) is 17.7 Å². The molecule has 1 heterocycles. The van der Waals surface area contributed by atoms with Crippen LogP contribution in [0.5, 0.6) is 5.75 Å². The summed E-state index contributed by atoms with van der Waals surface area (Å²) < 4.78 is 7.37. The number of hydrogen-bond acceptors (Lipinski definition) is 5. The van der Waals surface area contributed by atoms with Crippen LogP contribution < -0.4 is 4.74 Å². The summed E-state index contributed by atoms with van der Waals surface area (Å²) in [5.74, 6) is 1.66. The number of rotatable bonds is 7. The average Bonchev–Trinajstić information content (AvgIpc) is 2.89. The van der Waals surface area contributed by atoms with Crippen LogP contribution in [-0.4, -0.2) is 45.3 Å². The number of aryl methyl sites for hydroxylation is 1. The smallest absolute Gasteiger partial charge is 0.167 e. The van der Waals surface area contributed by atoms with Crippen LogP contribution in [0.1, 0.15) is 25.2 Å². The van der Waals surface area contributed by atoms with Crippen molar-refractivity contribution in [3.05, 3.63) is 35.1 Å². The second-order valence-electron chi connectivity index (χ2n) is 4.98. The molecule has 114 valence electrons. The molecule has 1 atom stereocenters. The third kappa shape index (κ3) is 4.41. The van der Waals surface area contributed by atoms with Gasteiger partial charge in [0.05, 0.1) is 12.6 Å². The van der Waals surface area contributed by atoms with Gasteiger partial charge in [-0.25, -0.2) is 4.68 Å². The number of hydrogen-bond donors (Lipinski definition) is 0. The van der Waals surface area contributed by atoms with E-state index in [0.29, 0.717) is 11.6 Å². The van der Waals surface area contributed by atoms with E-state index in [2.05, 4.69) is 34.4 Å². The van der Waals surface area contributed by atoms with E-state index in [1.54, 1.807) is 4.68 Å². The molecule has 1 aromatic heterocycles. The minimum atomic E-state index is 0.163.